The van der Waals surface area contributed by atoms with Crippen molar-refractivity contribution in [2.24, 2.45) is 0 Å². The average Bonchev–Trinajstić information content (AvgIpc) is 3.06. The maximum absolute atomic E-state index is 3.55. The third-order valence-corrected chi connectivity index (χ3v) is 5.24. The molecule has 4 rings (SSSR count). The fraction of sp³-hybridized carbons (Fsp3) is 0.375. The van der Waals surface area contributed by atoms with Crippen LogP contribution < -0.4 is 5.32 Å². The molecular weight excluding hydrogens is 252 g/mol. The minimum absolute atomic E-state index is 1.07. The molecule has 0 bridgehead atoms. The molecule has 2 aliphatic rings. The van der Waals surface area contributed by atoms with E-state index in [2.05, 4.69) is 39.9 Å². The van der Waals surface area contributed by atoms with Crippen LogP contribution in [0.15, 0.2) is 29.6 Å². The highest BCUT2D eigenvalue weighted by atomic mass is 32.1. The molecule has 98 valence electrons. The van der Waals surface area contributed by atoms with Crippen LogP contribution in [0, 0.1) is 0 Å². The Bertz CT molecular complexity index is 603. The van der Waals surface area contributed by atoms with Crippen LogP contribution in [-0.4, -0.2) is 18.0 Å². The van der Waals surface area contributed by atoms with E-state index in [0.717, 1.165) is 19.6 Å². The molecule has 0 amide bonds. The zero-order valence-corrected chi connectivity index (χ0v) is 11.8. The average molecular weight is 270 g/mol. The Balaban J connectivity index is 1.55. The number of rotatable bonds is 2. The minimum atomic E-state index is 1.07. The Morgan fingerprint density at radius 3 is 3.16 bits per heavy atom. The number of anilines is 1. The summed E-state index contributed by atoms with van der Waals surface area (Å²) in [6.45, 7) is 4.48. The lowest BCUT2D eigenvalue weighted by Crippen LogP contribution is -2.29. The summed E-state index contributed by atoms with van der Waals surface area (Å²) in [5, 5.41) is 5.78. The van der Waals surface area contributed by atoms with Crippen molar-refractivity contribution in [2.75, 3.05) is 18.4 Å². The van der Waals surface area contributed by atoms with Gasteiger partial charge >= 0.3 is 0 Å². The molecule has 1 aromatic heterocycles. The van der Waals surface area contributed by atoms with Crippen LogP contribution in [0.25, 0.3) is 0 Å². The summed E-state index contributed by atoms with van der Waals surface area (Å²) >= 11 is 1.91. The first-order chi connectivity index (χ1) is 9.40. The van der Waals surface area contributed by atoms with Crippen LogP contribution in [0.5, 0.6) is 0 Å². The van der Waals surface area contributed by atoms with Crippen LogP contribution in [0.4, 0.5) is 5.69 Å². The molecule has 19 heavy (non-hydrogen) atoms. The molecule has 3 heteroatoms. The van der Waals surface area contributed by atoms with Crippen molar-refractivity contribution in [3.05, 3.63) is 51.2 Å². The van der Waals surface area contributed by atoms with Crippen molar-refractivity contribution in [1.29, 1.82) is 0 Å². The first-order valence-corrected chi connectivity index (χ1v) is 7.90. The SMILES string of the molecule is c1cc2c(c(CN3CCc4sccc4C3)c1)NCC2. The molecule has 1 aromatic carbocycles. The molecule has 0 fully saturated rings. The molecule has 0 radical (unpaired) electrons. The molecule has 0 aliphatic carbocycles. The first-order valence-electron chi connectivity index (χ1n) is 7.02. The summed E-state index contributed by atoms with van der Waals surface area (Å²) in [5.41, 5.74) is 5.90. The van der Waals surface area contributed by atoms with E-state index in [1.54, 1.807) is 4.88 Å². The van der Waals surface area contributed by atoms with Crippen LogP contribution in [0.3, 0.4) is 0 Å². The summed E-state index contributed by atoms with van der Waals surface area (Å²) < 4.78 is 0. The van der Waals surface area contributed by atoms with Gasteiger partial charge in [0.2, 0.25) is 0 Å². The summed E-state index contributed by atoms with van der Waals surface area (Å²) in [6, 6.07) is 9.03. The van der Waals surface area contributed by atoms with Gasteiger partial charge in [0, 0.05) is 36.7 Å². The van der Waals surface area contributed by atoms with Crippen LogP contribution in [-0.2, 0) is 25.9 Å². The van der Waals surface area contributed by atoms with Crippen molar-refractivity contribution < 1.29 is 0 Å². The molecule has 1 N–H and O–H groups in total. The lowest BCUT2D eigenvalue weighted by molar-refractivity contribution is 0.248. The van der Waals surface area contributed by atoms with Gasteiger partial charge in [0.15, 0.2) is 0 Å². The second-order valence-corrected chi connectivity index (χ2v) is 6.46. The zero-order chi connectivity index (χ0) is 12.7. The summed E-state index contributed by atoms with van der Waals surface area (Å²) in [4.78, 5) is 4.16. The van der Waals surface area contributed by atoms with E-state index in [-0.39, 0.29) is 0 Å². The molecule has 3 heterocycles. The summed E-state index contributed by atoms with van der Waals surface area (Å²) in [7, 11) is 0. The third-order valence-electron chi connectivity index (χ3n) is 4.21. The van der Waals surface area contributed by atoms with Crippen molar-refractivity contribution >= 4 is 17.0 Å². The van der Waals surface area contributed by atoms with Crippen molar-refractivity contribution in [3.63, 3.8) is 0 Å². The van der Waals surface area contributed by atoms with Crippen molar-refractivity contribution in [1.82, 2.24) is 4.90 Å². The Morgan fingerprint density at radius 1 is 1.16 bits per heavy atom. The minimum Gasteiger partial charge on any atom is -0.384 e. The quantitative estimate of drug-likeness (QED) is 0.901. The molecule has 0 atom stereocenters. The Kier molecular flexibility index (Phi) is 2.82. The van der Waals surface area contributed by atoms with Gasteiger partial charge < -0.3 is 5.32 Å². The van der Waals surface area contributed by atoms with Crippen LogP contribution in [0.2, 0.25) is 0 Å². The maximum atomic E-state index is 3.55. The van der Waals surface area contributed by atoms with E-state index in [4.69, 9.17) is 0 Å². The largest absolute Gasteiger partial charge is 0.384 e. The van der Waals surface area contributed by atoms with E-state index in [0.29, 0.717) is 0 Å². The molecule has 0 saturated carbocycles. The highest BCUT2D eigenvalue weighted by Gasteiger charge is 2.20. The maximum Gasteiger partial charge on any atom is 0.0419 e. The monoisotopic (exact) mass is 270 g/mol. The van der Waals surface area contributed by atoms with Gasteiger partial charge in [-0.05, 0) is 41.0 Å². The summed E-state index contributed by atoms with van der Waals surface area (Å²) in [5.74, 6) is 0. The second kappa shape index (κ2) is 4.66. The molecule has 0 spiro atoms. The van der Waals surface area contributed by atoms with Gasteiger partial charge in [0.25, 0.3) is 0 Å². The third kappa shape index (κ3) is 2.07. The smallest absolute Gasteiger partial charge is 0.0419 e. The van der Waals surface area contributed by atoms with Gasteiger partial charge in [0.05, 0.1) is 0 Å². The Hall–Kier alpha value is -1.32. The highest BCUT2D eigenvalue weighted by Crippen LogP contribution is 2.30. The number of fused-ring (bicyclic) bond motifs is 2. The molecule has 2 aliphatic heterocycles. The Labute approximate surface area is 118 Å². The van der Waals surface area contributed by atoms with Gasteiger partial charge in [0.1, 0.15) is 0 Å². The number of nitrogens with zero attached hydrogens (tertiary/aromatic N) is 1. The van der Waals surface area contributed by atoms with Gasteiger partial charge in [-0.3, -0.25) is 4.90 Å². The predicted octanol–water partition coefficient (Wildman–Crippen LogP) is 3.27. The first kappa shape index (κ1) is 11.5. The fourth-order valence-electron chi connectivity index (χ4n) is 3.23. The fourth-order valence-corrected chi connectivity index (χ4v) is 4.12. The van der Waals surface area contributed by atoms with E-state index < -0.39 is 0 Å². The second-order valence-electron chi connectivity index (χ2n) is 5.46. The van der Waals surface area contributed by atoms with Gasteiger partial charge in [-0.25, -0.2) is 0 Å². The number of nitrogens with one attached hydrogen (secondary N) is 1. The van der Waals surface area contributed by atoms with Gasteiger partial charge in [-0.1, -0.05) is 18.2 Å². The standard InChI is InChI=1S/C16H18N2S/c1-2-12-4-7-17-16(12)14(3-1)11-18-8-5-15-13(10-18)6-9-19-15/h1-3,6,9,17H,4-5,7-8,10-11H2. The molecule has 0 unspecified atom stereocenters. The van der Waals surface area contributed by atoms with E-state index in [1.165, 1.54) is 41.8 Å². The molecule has 0 saturated heterocycles. The summed E-state index contributed by atoms with van der Waals surface area (Å²) in [6.07, 6.45) is 2.40. The number of para-hydroxylation sites is 1. The number of hydrogen-bond acceptors (Lipinski definition) is 3. The molecular formula is C16H18N2S. The number of benzene rings is 1. The predicted molar refractivity (Wildman–Crippen MR) is 80.8 cm³/mol. The molecule has 2 nitrogen and oxygen atoms in total. The Morgan fingerprint density at radius 2 is 2.16 bits per heavy atom. The van der Waals surface area contributed by atoms with Gasteiger partial charge in [-0.15, -0.1) is 11.3 Å². The van der Waals surface area contributed by atoms with E-state index in [9.17, 15) is 0 Å². The zero-order valence-electron chi connectivity index (χ0n) is 11.0. The van der Waals surface area contributed by atoms with Crippen molar-refractivity contribution in [3.8, 4) is 0 Å². The van der Waals surface area contributed by atoms with Gasteiger partial charge in [-0.2, -0.15) is 0 Å². The van der Waals surface area contributed by atoms with Crippen LogP contribution in [0.1, 0.15) is 21.6 Å². The van der Waals surface area contributed by atoms with Crippen LogP contribution >= 0.6 is 11.3 Å². The highest BCUT2D eigenvalue weighted by molar-refractivity contribution is 7.10. The molecule has 2 aromatic rings. The number of hydrogen-bond donors (Lipinski definition) is 1. The normalized spacial score (nSPS) is 17.9. The number of thiophene rings is 1. The van der Waals surface area contributed by atoms with E-state index >= 15 is 0 Å². The lowest BCUT2D eigenvalue weighted by Gasteiger charge is -2.27. The van der Waals surface area contributed by atoms with E-state index in [1.807, 2.05) is 11.3 Å². The topological polar surface area (TPSA) is 15.3 Å². The van der Waals surface area contributed by atoms with Crippen molar-refractivity contribution in [2.45, 2.75) is 25.9 Å². The lowest BCUT2D eigenvalue weighted by atomic mass is 10.0.